The Bertz CT molecular complexity index is 1130. The van der Waals surface area contributed by atoms with Crippen molar-refractivity contribution in [3.8, 4) is 0 Å². The maximum Gasteiger partial charge on any atom is 0.272 e. The van der Waals surface area contributed by atoms with Crippen LogP contribution in [0.3, 0.4) is 0 Å². The van der Waals surface area contributed by atoms with Crippen LogP contribution in [0.5, 0.6) is 0 Å². The molecule has 0 saturated carbocycles. The Morgan fingerprint density at radius 3 is 2.55 bits per heavy atom. The highest BCUT2D eigenvalue weighted by Gasteiger charge is 2.41. The highest BCUT2D eigenvalue weighted by Crippen LogP contribution is 2.20. The number of nitrogens with one attached hydrogen (secondary N) is 3. The van der Waals surface area contributed by atoms with Crippen LogP contribution in [-0.2, 0) is 11.3 Å². The van der Waals surface area contributed by atoms with Gasteiger partial charge >= 0.3 is 0 Å². The van der Waals surface area contributed by atoms with Crippen molar-refractivity contribution in [3.63, 3.8) is 0 Å². The molecule has 3 aromatic rings. The number of fused-ring (bicyclic) bond motifs is 1. The summed E-state index contributed by atoms with van der Waals surface area (Å²) >= 11 is 0. The third-order valence-electron chi connectivity index (χ3n) is 5.38. The Morgan fingerprint density at radius 2 is 1.81 bits per heavy atom. The van der Waals surface area contributed by atoms with Crippen LogP contribution in [0.25, 0.3) is 11.0 Å². The highest BCUT2D eigenvalue weighted by atomic mass is 19.1. The summed E-state index contributed by atoms with van der Waals surface area (Å²) in [7, 11) is 0. The second kappa shape index (κ2) is 8.73. The zero-order valence-electron chi connectivity index (χ0n) is 16.6. The van der Waals surface area contributed by atoms with E-state index in [2.05, 4.69) is 25.9 Å². The molecule has 2 aromatic carbocycles. The fraction of sp³-hybridized carbons (Fsp3) is 0.273. The van der Waals surface area contributed by atoms with E-state index in [-0.39, 0.29) is 17.8 Å². The molecule has 2 amide bonds. The lowest BCUT2D eigenvalue weighted by Crippen LogP contribution is -2.62. The zero-order chi connectivity index (χ0) is 21.8. The molecule has 1 saturated heterocycles. The summed E-state index contributed by atoms with van der Waals surface area (Å²) in [5.74, 6) is -2.37. The zero-order valence-corrected chi connectivity index (χ0v) is 16.6. The summed E-state index contributed by atoms with van der Waals surface area (Å²) in [6, 6.07) is 10.4. The molecule has 2 heterocycles. The van der Waals surface area contributed by atoms with Crippen LogP contribution in [0.2, 0.25) is 0 Å². The van der Waals surface area contributed by atoms with Gasteiger partial charge in [-0.2, -0.15) is 0 Å². The molecule has 0 radical (unpaired) electrons. The van der Waals surface area contributed by atoms with E-state index in [1.807, 2.05) is 6.07 Å². The van der Waals surface area contributed by atoms with Crippen LogP contribution < -0.4 is 16.0 Å². The molecule has 1 aliphatic heterocycles. The minimum atomic E-state index is -1.17. The van der Waals surface area contributed by atoms with Crippen molar-refractivity contribution in [1.82, 2.24) is 25.9 Å². The summed E-state index contributed by atoms with van der Waals surface area (Å²) in [5.41, 5.74) is 0.326. The number of piperidine rings is 1. The molecule has 1 fully saturated rings. The van der Waals surface area contributed by atoms with Crippen molar-refractivity contribution in [1.29, 1.82) is 0 Å². The number of hydrogen-bond acceptors (Lipinski definition) is 5. The molecule has 0 bridgehead atoms. The van der Waals surface area contributed by atoms with Gasteiger partial charge in [0.15, 0.2) is 0 Å². The predicted octanol–water partition coefficient (Wildman–Crippen LogP) is 2.08. The lowest BCUT2D eigenvalue weighted by atomic mass is 9.87. The van der Waals surface area contributed by atoms with Crippen molar-refractivity contribution >= 4 is 22.8 Å². The van der Waals surface area contributed by atoms with E-state index in [1.54, 1.807) is 18.2 Å². The number of carbonyl (C=O) groups excluding carboxylic acids is 2. The maximum absolute atomic E-state index is 13.9. The van der Waals surface area contributed by atoms with Crippen LogP contribution in [0, 0.1) is 11.6 Å². The quantitative estimate of drug-likeness (QED) is 0.582. The van der Waals surface area contributed by atoms with E-state index in [0.717, 1.165) is 12.1 Å². The van der Waals surface area contributed by atoms with Gasteiger partial charge < -0.3 is 16.0 Å². The first-order valence-corrected chi connectivity index (χ1v) is 9.94. The van der Waals surface area contributed by atoms with Gasteiger partial charge in [0.2, 0.25) is 5.91 Å². The fourth-order valence-corrected chi connectivity index (χ4v) is 3.62. The van der Waals surface area contributed by atoms with Gasteiger partial charge in [-0.15, -0.1) is 0 Å². The number of para-hydroxylation sites is 2. The molecule has 0 spiro atoms. The van der Waals surface area contributed by atoms with Gasteiger partial charge in [0.05, 0.1) is 17.2 Å². The van der Waals surface area contributed by atoms with Gasteiger partial charge in [0.25, 0.3) is 5.91 Å². The molecule has 0 aliphatic carbocycles. The van der Waals surface area contributed by atoms with Crippen molar-refractivity contribution in [2.75, 3.05) is 13.1 Å². The van der Waals surface area contributed by atoms with Gasteiger partial charge in [-0.1, -0.05) is 18.2 Å². The third-order valence-corrected chi connectivity index (χ3v) is 5.38. The van der Waals surface area contributed by atoms with Crippen LogP contribution >= 0.6 is 0 Å². The fourth-order valence-electron chi connectivity index (χ4n) is 3.62. The number of halogens is 2. The van der Waals surface area contributed by atoms with E-state index in [1.165, 1.54) is 12.3 Å². The van der Waals surface area contributed by atoms with Crippen LogP contribution in [-0.4, -0.2) is 40.4 Å². The number of nitrogens with zero attached hydrogens (tertiary/aromatic N) is 2. The number of carbonyl (C=O) groups is 2. The SMILES string of the molecule is O=C(NC1(C(=O)NCc2ccc(F)cc2F)CCNCC1)c1cnc2ccccc2n1. The minimum Gasteiger partial charge on any atom is -0.350 e. The molecular formula is C22H21F2N5O2. The van der Waals surface area contributed by atoms with Crippen molar-refractivity contribution in [2.24, 2.45) is 0 Å². The molecule has 3 N–H and O–H groups in total. The van der Waals surface area contributed by atoms with E-state index >= 15 is 0 Å². The standard InChI is InChI=1S/C22H21F2N5O2/c23-15-6-5-14(16(24)11-15)12-27-21(31)22(7-9-25-10-8-22)29-20(30)19-13-26-17-3-1-2-4-18(17)28-19/h1-6,11,13,25H,7-10,12H2,(H,27,31)(H,29,30). The molecule has 160 valence electrons. The normalized spacial score (nSPS) is 15.4. The number of amides is 2. The first-order valence-electron chi connectivity index (χ1n) is 9.94. The number of rotatable bonds is 5. The van der Waals surface area contributed by atoms with E-state index < -0.39 is 29.0 Å². The molecule has 1 aromatic heterocycles. The van der Waals surface area contributed by atoms with E-state index in [0.29, 0.717) is 37.0 Å². The van der Waals surface area contributed by atoms with Gasteiger partial charge in [-0.05, 0) is 44.1 Å². The molecular weight excluding hydrogens is 404 g/mol. The van der Waals surface area contributed by atoms with Crippen molar-refractivity contribution in [3.05, 3.63) is 71.6 Å². The highest BCUT2D eigenvalue weighted by molar-refractivity contribution is 5.99. The molecule has 9 heteroatoms. The molecule has 31 heavy (non-hydrogen) atoms. The molecule has 0 unspecified atom stereocenters. The van der Waals surface area contributed by atoms with Gasteiger partial charge in [0, 0.05) is 18.2 Å². The van der Waals surface area contributed by atoms with Crippen LogP contribution in [0.15, 0.2) is 48.7 Å². The minimum absolute atomic E-state index is 0.106. The lowest BCUT2D eigenvalue weighted by Gasteiger charge is -2.36. The summed E-state index contributed by atoms with van der Waals surface area (Å²) in [6.07, 6.45) is 2.09. The third kappa shape index (κ3) is 4.51. The lowest BCUT2D eigenvalue weighted by molar-refractivity contribution is -0.128. The summed E-state index contributed by atoms with van der Waals surface area (Å²) < 4.78 is 27.0. The Labute approximate surface area is 177 Å². The van der Waals surface area contributed by atoms with Crippen LogP contribution in [0.4, 0.5) is 8.78 Å². The van der Waals surface area contributed by atoms with Gasteiger partial charge in [-0.3, -0.25) is 14.6 Å². The molecule has 7 nitrogen and oxygen atoms in total. The van der Waals surface area contributed by atoms with Gasteiger partial charge in [0.1, 0.15) is 22.9 Å². The monoisotopic (exact) mass is 425 g/mol. The smallest absolute Gasteiger partial charge is 0.272 e. The summed E-state index contributed by atoms with van der Waals surface area (Å²) in [5, 5.41) is 8.66. The first kappa shape index (κ1) is 20.8. The van der Waals surface area contributed by atoms with E-state index in [9.17, 15) is 18.4 Å². The Hall–Kier alpha value is -3.46. The average Bonchev–Trinajstić information content (AvgIpc) is 2.78. The Balaban J connectivity index is 1.52. The Kier molecular flexibility index (Phi) is 5.85. The molecule has 0 atom stereocenters. The topological polar surface area (TPSA) is 96.0 Å². The summed E-state index contributed by atoms with van der Waals surface area (Å²) in [6.45, 7) is 0.940. The molecule has 4 rings (SSSR count). The van der Waals surface area contributed by atoms with Crippen LogP contribution in [0.1, 0.15) is 28.9 Å². The second-order valence-corrected chi connectivity index (χ2v) is 7.45. The maximum atomic E-state index is 13.9. The largest absolute Gasteiger partial charge is 0.350 e. The Morgan fingerprint density at radius 1 is 1.06 bits per heavy atom. The first-order chi connectivity index (χ1) is 15.0. The van der Waals surface area contributed by atoms with E-state index in [4.69, 9.17) is 0 Å². The number of hydrogen-bond donors (Lipinski definition) is 3. The molecule has 1 aliphatic rings. The van der Waals surface area contributed by atoms with Gasteiger partial charge in [-0.25, -0.2) is 13.8 Å². The van der Waals surface area contributed by atoms with Crippen molar-refractivity contribution in [2.45, 2.75) is 24.9 Å². The average molecular weight is 425 g/mol. The summed E-state index contributed by atoms with van der Waals surface area (Å²) in [4.78, 5) is 34.6. The van der Waals surface area contributed by atoms with Crippen molar-refractivity contribution < 1.29 is 18.4 Å². The number of aromatic nitrogens is 2. The predicted molar refractivity (Wildman–Crippen MR) is 110 cm³/mol. The number of benzene rings is 2. The second-order valence-electron chi connectivity index (χ2n) is 7.45.